The van der Waals surface area contributed by atoms with Crippen molar-refractivity contribution in [3.05, 3.63) is 30.1 Å². The fraction of sp³-hybridized carbons (Fsp3) is 0.462. The van der Waals surface area contributed by atoms with Crippen LogP contribution >= 0.6 is 0 Å². The minimum atomic E-state index is -1.17. The second-order valence-electron chi connectivity index (χ2n) is 4.42. The lowest BCUT2D eigenvalue weighted by Crippen LogP contribution is -2.46. The number of hydrogen-bond donors (Lipinski definition) is 1. The van der Waals surface area contributed by atoms with Crippen LogP contribution in [0.15, 0.2) is 24.3 Å². The predicted molar refractivity (Wildman–Crippen MR) is 60.5 cm³/mol. The molecule has 1 aliphatic carbocycles. The van der Waals surface area contributed by atoms with Crippen LogP contribution in [0.5, 0.6) is 5.75 Å². The van der Waals surface area contributed by atoms with Crippen LogP contribution in [0.25, 0.3) is 0 Å². The van der Waals surface area contributed by atoms with Crippen molar-refractivity contribution in [3.8, 4) is 5.75 Å². The highest BCUT2D eigenvalue weighted by Crippen LogP contribution is 2.33. The number of hydrogen-bond acceptors (Lipinski definition) is 2. The molecule has 1 aromatic rings. The second kappa shape index (κ2) is 4.73. The fourth-order valence-corrected chi connectivity index (χ4v) is 2.24. The molecule has 0 bridgehead atoms. The molecule has 0 unspecified atom stereocenters. The van der Waals surface area contributed by atoms with Crippen LogP contribution in [-0.4, -0.2) is 16.7 Å². The molecule has 0 heterocycles. The van der Waals surface area contributed by atoms with Crippen molar-refractivity contribution in [1.29, 1.82) is 0 Å². The molecule has 0 amide bonds. The van der Waals surface area contributed by atoms with E-state index in [0.29, 0.717) is 12.8 Å². The highest BCUT2D eigenvalue weighted by atomic mass is 19.1. The molecule has 2 rings (SSSR count). The molecule has 1 N–H and O–H groups in total. The van der Waals surface area contributed by atoms with Crippen molar-refractivity contribution < 1.29 is 19.0 Å². The molecule has 0 atom stereocenters. The first kappa shape index (κ1) is 11.9. The second-order valence-corrected chi connectivity index (χ2v) is 4.42. The van der Waals surface area contributed by atoms with Crippen molar-refractivity contribution >= 4 is 5.97 Å². The number of ether oxygens (including phenoxy) is 1. The summed E-state index contributed by atoms with van der Waals surface area (Å²) in [5.74, 6) is -1.09. The lowest BCUT2D eigenvalue weighted by molar-refractivity contribution is -0.158. The first-order valence-corrected chi connectivity index (χ1v) is 5.80. The third kappa shape index (κ3) is 2.57. The Bertz CT molecular complexity index is 411. The summed E-state index contributed by atoms with van der Waals surface area (Å²) >= 11 is 0. The average Bonchev–Trinajstić information content (AvgIpc) is 2.30. The molecule has 1 aliphatic rings. The van der Waals surface area contributed by atoms with Gasteiger partial charge in [-0.3, -0.25) is 0 Å². The summed E-state index contributed by atoms with van der Waals surface area (Å²) in [6.45, 7) is 0. The van der Waals surface area contributed by atoms with E-state index < -0.39 is 17.4 Å². The molecular weight excluding hydrogens is 223 g/mol. The molecular formula is C13H15FO3. The predicted octanol–water partition coefficient (Wildman–Crippen LogP) is 2.99. The molecule has 0 aromatic heterocycles. The van der Waals surface area contributed by atoms with Gasteiger partial charge in [0.15, 0.2) is 0 Å². The van der Waals surface area contributed by atoms with E-state index >= 15 is 0 Å². The number of halogens is 1. The van der Waals surface area contributed by atoms with Crippen molar-refractivity contribution in [2.45, 2.75) is 37.7 Å². The number of carboxylic acids is 1. The standard InChI is InChI=1S/C13H15FO3/c14-10-5-4-6-11(9-10)17-13(12(15)16)7-2-1-3-8-13/h4-6,9H,1-3,7-8H2,(H,15,16). The van der Waals surface area contributed by atoms with Crippen LogP contribution in [0.3, 0.4) is 0 Å². The van der Waals surface area contributed by atoms with E-state index in [1.807, 2.05) is 0 Å². The highest BCUT2D eigenvalue weighted by molar-refractivity contribution is 5.78. The smallest absolute Gasteiger partial charge is 0.348 e. The minimum absolute atomic E-state index is 0.286. The lowest BCUT2D eigenvalue weighted by Gasteiger charge is -2.33. The molecule has 92 valence electrons. The van der Waals surface area contributed by atoms with Crippen LogP contribution in [0, 0.1) is 5.82 Å². The first-order chi connectivity index (χ1) is 8.12. The van der Waals surface area contributed by atoms with Gasteiger partial charge >= 0.3 is 5.97 Å². The van der Waals surface area contributed by atoms with Crippen molar-refractivity contribution in [2.24, 2.45) is 0 Å². The Morgan fingerprint density at radius 2 is 2.00 bits per heavy atom. The Kier molecular flexibility index (Phi) is 3.31. The largest absolute Gasteiger partial charge is 0.478 e. The summed E-state index contributed by atoms with van der Waals surface area (Å²) in [7, 11) is 0. The number of rotatable bonds is 3. The Labute approximate surface area is 99.2 Å². The number of carbonyl (C=O) groups is 1. The van der Waals surface area contributed by atoms with Crippen LogP contribution in [0.4, 0.5) is 4.39 Å². The Hall–Kier alpha value is -1.58. The average molecular weight is 238 g/mol. The van der Waals surface area contributed by atoms with Gasteiger partial charge < -0.3 is 9.84 Å². The summed E-state index contributed by atoms with van der Waals surface area (Å²) in [5, 5.41) is 9.30. The monoisotopic (exact) mass is 238 g/mol. The van der Waals surface area contributed by atoms with E-state index in [-0.39, 0.29) is 5.75 Å². The van der Waals surface area contributed by atoms with Gasteiger partial charge in [0.2, 0.25) is 5.60 Å². The van der Waals surface area contributed by atoms with Gasteiger partial charge in [-0.1, -0.05) is 12.5 Å². The summed E-state index contributed by atoms with van der Waals surface area (Å²) in [6.07, 6.45) is 3.67. The molecule has 1 saturated carbocycles. The zero-order chi connectivity index (χ0) is 12.3. The Morgan fingerprint density at radius 3 is 2.59 bits per heavy atom. The SMILES string of the molecule is O=C(O)C1(Oc2cccc(F)c2)CCCCC1. The molecule has 0 spiro atoms. The van der Waals surface area contributed by atoms with Gasteiger partial charge in [0, 0.05) is 6.07 Å². The Morgan fingerprint density at radius 1 is 1.29 bits per heavy atom. The molecule has 0 radical (unpaired) electrons. The summed E-state index contributed by atoms with van der Waals surface area (Å²) < 4.78 is 18.6. The number of benzene rings is 1. The van der Waals surface area contributed by atoms with Gasteiger partial charge in [-0.05, 0) is 37.8 Å². The molecule has 0 saturated heterocycles. The van der Waals surface area contributed by atoms with Crippen LogP contribution in [0.2, 0.25) is 0 Å². The van der Waals surface area contributed by atoms with Crippen LogP contribution < -0.4 is 4.74 Å². The molecule has 1 fully saturated rings. The minimum Gasteiger partial charge on any atom is -0.478 e. The molecule has 3 nitrogen and oxygen atoms in total. The molecule has 4 heteroatoms. The molecule has 17 heavy (non-hydrogen) atoms. The van der Waals surface area contributed by atoms with Gasteiger partial charge in [-0.25, -0.2) is 9.18 Å². The first-order valence-electron chi connectivity index (χ1n) is 5.80. The summed E-state index contributed by atoms with van der Waals surface area (Å²) in [4.78, 5) is 11.3. The van der Waals surface area contributed by atoms with E-state index in [9.17, 15) is 14.3 Å². The summed E-state index contributed by atoms with van der Waals surface area (Å²) in [5.41, 5.74) is -1.17. The number of carboxylic acid groups (broad SMARTS) is 1. The fourth-order valence-electron chi connectivity index (χ4n) is 2.24. The Balaban J connectivity index is 2.20. The topological polar surface area (TPSA) is 46.5 Å². The zero-order valence-electron chi connectivity index (χ0n) is 9.49. The third-order valence-corrected chi connectivity index (χ3v) is 3.16. The van der Waals surface area contributed by atoms with Crippen LogP contribution in [0.1, 0.15) is 32.1 Å². The van der Waals surface area contributed by atoms with Gasteiger partial charge in [0.05, 0.1) is 0 Å². The van der Waals surface area contributed by atoms with Gasteiger partial charge in [-0.2, -0.15) is 0 Å². The van der Waals surface area contributed by atoms with Gasteiger partial charge in [0.1, 0.15) is 11.6 Å². The van der Waals surface area contributed by atoms with Crippen LogP contribution in [-0.2, 0) is 4.79 Å². The van der Waals surface area contributed by atoms with Crippen molar-refractivity contribution in [2.75, 3.05) is 0 Å². The maximum absolute atomic E-state index is 13.0. The van der Waals surface area contributed by atoms with E-state index in [1.165, 1.54) is 18.2 Å². The third-order valence-electron chi connectivity index (χ3n) is 3.16. The van der Waals surface area contributed by atoms with E-state index in [0.717, 1.165) is 19.3 Å². The lowest BCUT2D eigenvalue weighted by atomic mass is 9.84. The summed E-state index contributed by atoms with van der Waals surface area (Å²) in [6, 6.07) is 5.63. The quantitative estimate of drug-likeness (QED) is 0.880. The molecule has 0 aliphatic heterocycles. The van der Waals surface area contributed by atoms with Gasteiger partial charge in [-0.15, -0.1) is 0 Å². The number of aliphatic carboxylic acids is 1. The van der Waals surface area contributed by atoms with Gasteiger partial charge in [0.25, 0.3) is 0 Å². The maximum Gasteiger partial charge on any atom is 0.348 e. The van der Waals surface area contributed by atoms with E-state index in [2.05, 4.69) is 0 Å². The van der Waals surface area contributed by atoms with Crippen molar-refractivity contribution in [3.63, 3.8) is 0 Å². The normalized spacial score (nSPS) is 18.6. The highest BCUT2D eigenvalue weighted by Gasteiger charge is 2.42. The maximum atomic E-state index is 13.0. The van der Waals surface area contributed by atoms with E-state index in [4.69, 9.17) is 4.74 Å². The van der Waals surface area contributed by atoms with Crippen molar-refractivity contribution in [1.82, 2.24) is 0 Å². The molecule has 1 aromatic carbocycles. The van der Waals surface area contributed by atoms with E-state index in [1.54, 1.807) is 6.07 Å². The zero-order valence-corrected chi connectivity index (χ0v) is 9.49.